The van der Waals surface area contributed by atoms with Gasteiger partial charge in [0.25, 0.3) is 5.56 Å². The van der Waals surface area contributed by atoms with Crippen LogP contribution in [0.5, 0.6) is 0 Å². The zero-order chi connectivity index (χ0) is 21.0. The predicted molar refractivity (Wildman–Crippen MR) is 116 cm³/mol. The molecule has 3 aromatic rings. The van der Waals surface area contributed by atoms with Crippen LogP contribution in [0, 0.1) is 6.92 Å². The number of nitrogens with zero attached hydrogens (tertiary/aromatic N) is 3. The summed E-state index contributed by atoms with van der Waals surface area (Å²) in [5.41, 5.74) is 0.962. The van der Waals surface area contributed by atoms with Crippen molar-refractivity contribution in [2.24, 2.45) is 0 Å². The number of methoxy groups -OCH3 is 1. The van der Waals surface area contributed by atoms with Crippen molar-refractivity contribution in [1.29, 1.82) is 0 Å². The highest BCUT2D eigenvalue weighted by molar-refractivity contribution is 7.99. The first-order valence-corrected chi connectivity index (χ1v) is 10.4. The number of carbonyl (C=O) groups is 1. The molecule has 2 heterocycles. The van der Waals surface area contributed by atoms with E-state index in [0.29, 0.717) is 39.9 Å². The van der Waals surface area contributed by atoms with Gasteiger partial charge in [0.1, 0.15) is 0 Å². The average molecular weight is 453 g/mol. The number of hydrogen-bond acceptors (Lipinski definition) is 6. The molecule has 0 radical (unpaired) electrons. The van der Waals surface area contributed by atoms with E-state index in [1.54, 1.807) is 32.2 Å². The Labute approximate surface area is 181 Å². The summed E-state index contributed by atoms with van der Waals surface area (Å²) in [6.45, 7) is 2.40. The van der Waals surface area contributed by atoms with Crippen LogP contribution in [-0.4, -0.2) is 39.9 Å². The van der Waals surface area contributed by atoms with Gasteiger partial charge in [-0.15, -0.1) is 0 Å². The van der Waals surface area contributed by atoms with Crippen molar-refractivity contribution < 1.29 is 9.53 Å². The molecule has 0 fully saturated rings. The van der Waals surface area contributed by atoms with Crippen LogP contribution in [0.1, 0.15) is 5.69 Å². The summed E-state index contributed by atoms with van der Waals surface area (Å²) in [6.07, 6.45) is 0. The number of aromatic nitrogens is 3. The molecule has 0 atom stereocenters. The molecular formula is C19H18Cl2N4O3S. The fourth-order valence-electron chi connectivity index (χ4n) is 2.58. The van der Waals surface area contributed by atoms with Crippen molar-refractivity contribution in [1.82, 2.24) is 14.5 Å². The van der Waals surface area contributed by atoms with Crippen LogP contribution in [0.25, 0.3) is 10.9 Å². The van der Waals surface area contributed by atoms with Gasteiger partial charge in [0.05, 0.1) is 45.5 Å². The maximum Gasteiger partial charge on any atom is 0.262 e. The molecule has 10 heteroatoms. The van der Waals surface area contributed by atoms with E-state index in [9.17, 15) is 9.59 Å². The van der Waals surface area contributed by atoms with Gasteiger partial charge < -0.3 is 10.1 Å². The quantitative estimate of drug-likeness (QED) is 0.433. The molecule has 1 N–H and O–H groups in total. The third kappa shape index (κ3) is 5.08. The number of fused-ring (bicyclic) bond motifs is 1. The SMILES string of the molecule is COCCn1c(SCC(=O)Nc2nc(C)c(Cl)cc2Cl)nc2ccccc2c1=O. The minimum Gasteiger partial charge on any atom is -0.383 e. The van der Waals surface area contributed by atoms with E-state index < -0.39 is 0 Å². The van der Waals surface area contributed by atoms with Crippen LogP contribution >= 0.6 is 35.0 Å². The number of para-hydroxylation sites is 1. The summed E-state index contributed by atoms with van der Waals surface area (Å²) in [5, 5.41) is 4.29. The molecule has 0 bridgehead atoms. The monoisotopic (exact) mass is 452 g/mol. The van der Waals surface area contributed by atoms with E-state index in [2.05, 4.69) is 15.3 Å². The highest BCUT2D eigenvalue weighted by Crippen LogP contribution is 2.26. The van der Waals surface area contributed by atoms with Crippen LogP contribution in [0.3, 0.4) is 0 Å². The lowest BCUT2D eigenvalue weighted by molar-refractivity contribution is -0.113. The van der Waals surface area contributed by atoms with Crippen LogP contribution in [0.4, 0.5) is 5.82 Å². The number of aryl methyl sites for hydroxylation is 1. The number of hydrogen-bond donors (Lipinski definition) is 1. The summed E-state index contributed by atoms with van der Waals surface area (Å²) in [4.78, 5) is 34.0. The molecule has 152 valence electrons. The topological polar surface area (TPSA) is 86.1 Å². The van der Waals surface area contributed by atoms with Gasteiger partial charge in [-0.05, 0) is 25.1 Å². The Bertz CT molecular complexity index is 1120. The highest BCUT2D eigenvalue weighted by atomic mass is 35.5. The Morgan fingerprint density at radius 2 is 2.00 bits per heavy atom. The molecule has 0 saturated carbocycles. The van der Waals surface area contributed by atoms with Gasteiger partial charge in [-0.25, -0.2) is 9.97 Å². The van der Waals surface area contributed by atoms with Crippen molar-refractivity contribution in [3.05, 3.63) is 56.4 Å². The summed E-state index contributed by atoms with van der Waals surface area (Å²) in [7, 11) is 1.56. The molecule has 2 aromatic heterocycles. The Hall–Kier alpha value is -2.13. The normalized spacial score (nSPS) is 11.0. The Balaban J connectivity index is 1.81. The van der Waals surface area contributed by atoms with Crippen LogP contribution in [0.15, 0.2) is 40.3 Å². The maximum absolute atomic E-state index is 12.8. The molecule has 1 amide bonds. The van der Waals surface area contributed by atoms with Crippen molar-refractivity contribution in [2.45, 2.75) is 18.6 Å². The second-order valence-corrected chi connectivity index (χ2v) is 7.84. The molecule has 0 aliphatic rings. The van der Waals surface area contributed by atoms with Gasteiger partial charge >= 0.3 is 0 Å². The predicted octanol–water partition coefficient (Wildman–Crippen LogP) is 3.78. The number of benzene rings is 1. The molecule has 0 spiro atoms. The molecule has 29 heavy (non-hydrogen) atoms. The number of thioether (sulfide) groups is 1. The maximum atomic E-state index is 12.8. The van der Waals surface area contributed by atoms with Crippen molar-refractivity contribution in [3.63, 3.8) is 0 Å². The summed E-state index contributed by atoms with van der Waals surface area (Å²) in [5.74, 6) is -0.0634. The molecule has 0 aliphatic heterocycles. The Kier molecular flexibility index (Phi) is 7.13. The standard InChI is InChI=1S/C19H18Cl2N4O3S/c1-11-13(20)9-14(21)17(22-11)24-16(26)10-29-19-23-15-6-4-3-5-12(15)18(27)25(19)7-8-28-2/h3-6,9H,7-8,10H2,1-2H3,(H,22,24,26). The molecular weight excluding hydrogens is 435 g/mol. The Morgan fingerprint density at radius 1 is 1.24 bits per heavy atom. The van der Waals surface area contributed by atoms with Crippen molar-refractivity contribution in [3.8, 4) is 0 Å². The average Bonchev–Trinajstić information content (AvgIpc) is 2.70. The molecule has 0 unspecified atom stereocenters. The van der Waals surface area contributed by atoms with Gasteiger partial charge in [-0.3, -0.25) is 14.2 Å². The van der Waals surface area contributed by atoms with E-state index in [-0.39, 0.29) is 28.1 Å². The number of pyridine rings is 1. The first kappa shape index (κ1) is 21.6. The number of anilines is 1. The lowest BCUT2D eigenvalue weighted by atomic mass is 10.2. The lowest BCUT2D eigenvalue weighted by Gasteiger charge is -2.13. The Morgan fingerprint density at radius 3 is 2.76 bits per heavy atom. The van der Waals surface area contributed by atoms with Gasteiger partial charge in [-0.2, -0.15) is 0 Å². The van der Waals surface area contributed by atoms with E-state index in [4.69, 9.17) is 27.9 Å². The smallest absolute Gasteiger partial charge is 0.262 e. The number of nitrogens with one attached hydrogen (secondary N) is 1. The first-order valence-electron chi connectivity index (χ1n) is 8.64. The number of ether oxygens (including phenoxy) is 1. The van der Waals surface area contributed by atoms with Crippen LogP contribution < -0.4 is 10.9 Å². The molecule has 1 aromatic carbocycles. The van der Waals surface area contributed by atoms with Crippen molar-refractivity contribution >= 4 is 57.6 Å². The second-order valence-electron chi connectivity index (χ2n) is 6.08. The number of carbonyl (C=O) groups excluding carboxylic acids is 1. The number of rotatable bonds is 7. The zero-order valence-corrected chi connectivity index (χ0v) is 18.1. The second kappa shape index (κ2) is 9.58. The van der Waals surface area contributed by atoms with Crippen LogP contribution in [-0.2, 0) is 16.1 Å². The zero-order valence-electron chi connectivity index (χ0n) is 15.7. The van der Waals surface area contributed by atoms with E-state index in [1.165, 1.54) is 10.6 Å². The fourth-order valence-corrected chi connectivity index (χ4v) is 3.81. The lowest BCUT2D eigenvalue weighted by Crippen LogP contribution is -2.26. The minimum absolute atomic E-state index is 0.0252. The van der Waals surface area contributed by atoms with Gasteiger partial charge in [0.15, 0.2) is 11.0 Å². The summed E-state index contributed by atoms with van der Waals surface area (Å²) >= 11 is 13.2. The van der Waals surface area contributed by atoms with Gasteiger partial charge in [0.2, 0.25) is 5.91 Å². The number of amides is 1. The molecule has 0 aliphatic carbocycles. The minimum atomic E-state index is -0.327. The first-order chi connectivity index (χ1) is 13.9. The number of halogens is 2. The molecule has 3 rings (SSSR count). The van der Waals surface area contributed by atoms with Crippen LogP contribution in [0.2, 0.25) is 10.0 Å². The summed E-state index contributed by atoms with van der Waals surface area (Å²) in [6, 6.07) is 8.62. The third-order valence-corrected chi connectivity index (χ3v) is 5.69. The van der Waals surface area contributed by atoms with Gasteiger partial charge in [0, 0.05) is 7.11 Å². The van der Waals surface area contributed by atoms with Crippen molar-refractivity contribution in [2.75, 3.05) is 24.8 Å². The molecule has 0 saturated heterocycles. The summed E-state index contributed by atoms with van der Waals surface area (Å²) < 4.78 is 6.61. The fraction of sp³-hybridized carbons (Fsp3) is 0.263. The van der Waals surface area contributed by atoms with E-state index in [0.717, 1.165) is 11.8 Å². The van der Waals surface area contributed by atoms with Gasteiger partial charge in [-0.1, -0.05) is 47.1 Å². The van der Waals surface area contributed by atoms with E-state index >= 15 is 0 Å². The van der Waals surface area contributed by atoms with E-state index in [1.807, 2.05) is 6.07 Å². The molecule has 7 nitrogen and oxygen atoms in total. The largest absolute Gasteiger partial charge is 0.383 e. The highest BCUT2D eigenvalue weighted by Gasteiger charge is 2.15. The third-order valence-electron chi connectivity index (χ3n) is 4.04.